The predicted molar refractivity (Wildman–Crippen MR) is 76.4 cm³/mol. The largest absolute Gasteiger partial charge is 0.314 e. The third-order valence-corrected chi connectivity index (χ3v) is 3.35. The van der Waals surface area contributed by atoms with Crippen molar-refractivity contribution in [1.82, 2.24) is 10.2 Å². The molecule has 0 unspecified atom stereocenters. The van der Waals surface area contributed by atoms with Crippen LogP contribution >= 0.6 is 0 Å². The topological polar surface area (TPSA) is 15.3 Å². The highest BCUT2D eigenvalue weighted by molar-refractivity contribution is 4.91. The molecule has 1 aliphatic rings. The zero-order chi connectivity index (χ0) is 12.5. The summed E-state index contributed by atoms with van der Waals surface area (Å²) in [5, 5.41) is 3.57. The van der Waals surface area contributed by atoms with Crippen LogP contribution in [0.1, 0.15) is 52.4 Å². The standard InChI is InChI=1S/C15H30N2/c1-4-17(13-14(2)3)12-8-6-5-7-11-16-15-9-10-15/h15-16H,2,4-13H2,1,3H3. The fraction of sp³-hybridized carbons (Fsp3) is 0.867. The Morgan fingerprint density at radius 2 is 1.94 bits per heavy atom. The van der Waals surface area contributed by atoms with Gasteiger partial charge >= 0.3 is 0 Å². The molecule has 2 heteroatoms. The van der Waals surface area contributed by atoms with Crippen molar-refractivity contribution in [1.29, 1.82) is 0 Å². The summed E-state index contributed by atoms with van der Waals surface area (Å²) in [6.45, 7) is 13.0. The molecule has 100 valence electrons. The van der Waals surface area contributed by atoms with E-state index >= 15 is 0 Å². The average Bonchev–Trinajstić information content (AvgIpc) is 3.09. The van der Waals surface area contributed by atoms with Gasteiger partial charge in [0.2, 0.25) is 0 Å². The Hall–Kier alpha value is -0.340. The molecule has 2 nitrogen and oxygen atoms in total. The number of hydrogen-bond acceptors (Lipinski definition) is 2. The second-order valence-corrected chi connectivity index (χ2v) is 5.47. The van der Waals surface area contributed by atoms with E-state index < -0.39 is 0 Å². The first kappa shape index (κ1) is 14.7. The Morgan fingerprint density at radius 1 is 1.24 bits per heavy atom. The molecular formula is C15H30N2. The van der Waals surface area contributed by atoms with E-state index in [0.717, 1.165) is 19.1 Å². The molecule has 0 aromatic carbocycles. The van der Waals surface area contributed by atoms with E-state index in [1.54, 1.807) is 0 Å². The Kier molecular flexibility index (Phi) is 7.54. The molecule has 0 bridgehead atoms. The van der Waals surface area contributed by atoms with Crippen molar-refractivity contribution in [2.24, 2.45) is 0 Å². The number of rotatable bonds is 11. The second-order valence-electron chi connectivity index (χ2n) is 5.47. The molecular weight excluding hydrogens is 208 g/mol. The molecule has 1 aliphatic carbocycles. The van der Waals surface area contributed by atoms with E-state index in [2.05, 4.69) is 30.6 Å². The van der Waals surface area contributed by atoms with Gasteiger partial charge in [-0.25, -0.2) is 0 Å². The molecule has 0 heterocycles. The Labute approximate surface area is 107 Å². The van der Waals surface area contributed by atoms with Crippen LogP contribution in [0, 0.1) is 0 Å². The summed E-state index contributed by atoms with van der Waals surface area (Å²) in [6, 6.07) is 0.876. The van der Waals surface area contributed by atoms with Gasteiger partial charge in [0.15, 0.2) is 0 Å². The summed E-state index contributed by atoms with van der Waals surface area (Å²) in [5.74, 6) is 0. The zero-order valence-electron chi connectivity index (χ0n) is 11.8. The fourth-order valence-electron chi connectivity index (χ4n) is 2.14. The van der Waals surface area contributed by atoms with Crippen LogP contribution in [0.3, 0.4) is 0 Å². The van der Waals surface area contributed by atoms with Gasteiger partial charge in [-0.3, -0.25) is 4.90 Å². The molecule has 0 spiro atoms. The Bertz CT molecular complexity index is 209. The maximum absolute atomic E-state index is 3.98. The van der Waals surface area contributed by atoms with Gasteiger partial charge in [0.25, 0.3) is 0 Å². The molecule has 0 amide bonds. The molecule has 17 heavy (non-hydrogen) atoms. The molecule has 1 fully saturated rings. The van der Waals surface area contributed by atoms with Gasteiger partial charge in [0.1, 0.15) is 0 Å². The van der Waals surface area contributed by atoms with Crippen LogP contribution in [0.4, 0.5) is 0 Å². The predicted octanol–water partition coefficient (Wildman–Crippen LogP) is 3.20. The summed E-state index contributed by atoms with van der Waals surface area (Å²) < 4.78 is 0. The van der Waals surface area contributed by atoms with Crippen LogP contribution in [-0.2, 0) is 0 Å². The number of unbranched alkanes of at least 4 members (excludes halogenated alkanes) is 3. The van der Waals surface area contributed by atoms with Gasteiger partial charge < -0.3 is 5.32 Å². The van der Waals surface area contributed by atoms with Crippen LogP contribution < -0.4 is 5.32 Å². The number of nitrogens with one attached hydrogen (secondary N) is 1. The van der Waals surface area contributed by atoms with Gasteiger partial charge in [-0.1, -0.05) is 31.9 Å². The molecule has 0 radical (unpaired) electrons. The minimum atomic E-state index is 0.876. The Morgan fingerprint density at radius 3 is 2.53 bits per heavy atom. The van der Waals surface area contributed by atoms with Crippen LogP contribution in [-0.4, -0.2) is 37.1 Å². The lowest BCUT2D eigenvalue weighted by Crippen LogP contribution is -2.26. The highest BCUT2D eigenvalue weighted by Crippen LogP contribution is 2.18. The molecule has 0 atom stereocenters. The summed E-state index contributed by atoms with van der Waals surface area (Å²) in [7, 11) is 0. The first-order valence-electron chi connectivity index (χ1n) is 7.32. The second kappa shape index (κ2) is 8.71. The average molecular weight is 238 g/mol. The lowest BCUT2D eigenvalue weighted by atomic mass is 10.2. The smallest absolute Gasteiger partial charge is 0.0187 e. The van der Waals surface area contributed by atoms with Crippen LogP contribution in [0.2, 0.25) is 0 Å². The van der Waals surface area contributed by atoms with E-state index in [0.29, 0.717) is 0 Å². The van der Waals surface area contributed by atoms with E-state index in [1.165, 1.54) is 57.2 Å². The summed E-state index contributed by atoms with van der Waals surface area (Å²) in [6.07, 6.45) is 8.26. The van der Waals surface area contributed by atoms with Gasteiger partial charge in [0.05, 0.1) is 0 Å². The van der Waals surface area contributed by atoms with Crippen LogP contribution in [0.25, 0.3) is 0 Å². The first-order valence-corrected chi connectivity index (χ1v) is 7.32. The summed E-state index contributed by atoms with van der Waals surface area (Å²) in [5.41, 5.74) is 1.28. The van der Waals surface area contributed by atoms with Crippen molar-refractivity contribution in [2.45, 2.75) is 58.4 Å². The van der Waals surface area contributed by atoms with Gasteiger partial charge in [-0.2, -0.15) is 0 Å². The molecule has 1 rings (SSSR count). The van der Waals surface area contributed by atoms with Crippen LogP contribution in [0.5, 0.6) is 0 Å². The Balaban J connectivity index is 1.85. The van der Waals surface area contributed by atoms with Crippen molar-refractivity contribution in [3.63, 3.8) is 0 Å². The molecule has 0 aromatic rings. The monoisotopic (exact) mass is 238 g/mol. The van der Waals surface area contributed by atoms with Crippen molar-refractivity contribution >= 4 is 0 Å². The molecule has 0 saturated heterocycles. The maximum Gasteiger partial charge on any atom is 0.0187 e. The molecule has 0 aromatic heterocycles. The maximum atomic E-state index is 3.98. The lowest BCUT2D eigenvalue weighted by Gasteiger charge is -2.20. The van der Waals surface area contributed by atoms with E-state index in [9.17, 15) is 0 Å². The van der Waals surface area contributed by atoms with Gasteiger partial charge in [0, 0.05) is 12.6 Å². The molecule has 1 N–H and O–H groups in total. The van der Waals surface area contributed by atoms with Gasteiger partial charge in [-0.15, -0.1) is 0 Å². The van der Waals surface area contributed by atoms with E-state index in [1.807, 2.05) is 0 Å². The first-order chi connectivity index (χ1) is 8.22. The third-order valence-electron chi connectivity index (χ3n) is 3.35. The van der Waals surface area contributed by atoms with E-state index in [4.69, 9.17) is 0 Å². The highest BCUT2D eigenvalue weighted by atomic mass is 15.1. The van der Waals surface area contributed by atoms with Gasteiger partial charge in [-0.05, 0) is 52.2 Å². The van der Waals surface area contributed by atoms with Crippen molar-refractivity contribution in [3.05, 3.63) is 12.2 Å². The molecule has 0 aliphatic heterocycles. The minimum absolute atomic E-state index is 0.876. The van der Waals surface area contributed by atoms with Crippen LogP contribution in [0.15, 0.2) is 12.2 Å². The third kappa shape index (κ3) is 8.39. The zero-order valence-corrected chi connectivity index (χ0v) is 11.8. The SMILES string of the molecule is C=C(C)CN(CC)CCCCCCNC1CC1. The number of nitrogens with zero attached hydrogens (tertiary/aromatic N) is 1. The summed E-state index contributed by atoms with van der Waals surface area (Å²) in [4.78, 5) is 2.49. The van der Waals surface area contributed by atoms with Crippen molar-refractivity contribution in [2.75, 3.05) is 26.2 Å². The van der Waals surface area contributed by atoms with Crippen molar-refractivity contribution in [3.8, 4) is 0 Å². The normalized spacial score (nSPS) is 15.5. The van der Waals surface area contributed by atoms with E-state index in [-0.39, 0.29) is 0 Å². The highest BCUT2D eigenvalue weighted by Gasteiger charge is 2.19. The quantitative estimate of drug-likeness (QED) is 0.439. The molecule has 1 saturated carbocycles. The van der Waals surface area contributed by atoms with Crippen molar-refractivity contribution < 1.29 is 0 Å². The fourth-order valence-corrected chi connectivity index (χ4v) is 2.14. The number of hydrogen-bond donors (Lipinski definition) is 1. The minimum Gasteiger partial charge on any atom is -0.314 e. The number of likely N-dealkylation sites (N-methyl/N-ethyl adjacent to an activating group) is 1. The summed E-state index contributed by atoms with van der Waals surface area (Å²) >= 11 is 0. The lowest BCUT2D eigenvalue weighted by molar-refractivity contribution is 0.303.